The monoisotopic (exact) mass is 202 g/mol. The van der Waals surface area contributed by atoms with Crippen molar-refractivity contribution in [3.05, 3.63) is 0 Å². The molecule has 1 saturated heterocycles. The van der Waals surface area contributed by atoms with E-state index in [1.165, 1.54) is 0 Å². The second-order valence-corrected chi connectivity index (χ2v) is 3.74. The minimum absolute atomic E-state index is 0.130. The minimum Gasteiger partial charge on any atom is -0.430 e. The predicted molar refractivity (Wildman–Crippen MR) is 51.8 cm³/mol. The van der Waals surface area contributed by atoms with Gasteiger partial charge in [0.05, 0.1) is 6.10 Å². The minimum atomic E-state index is -0.607. The molecule has 82 valence electrons. The van der Waals surface area contributed by atoms with E-state index < -0.39 is 6.16 Å². The Labute approximate surface area is 84.5 Å². The van der Waals surface area contributed by atoms with Crippen molar-refractivity contribution in [2.45, 2.75) is 20.0 Å². The van der Waals surface area contributed by atoms with Crippen LogP contribution in [0.1, 0.15) is 13.8 Å². The first kappa shape index (κ1) is 11.3. The normalized spacial score (nSPS) is 19.7. The summed E-state index contributed by atoms with van der Waals surface area (Å²) in [5.74, 6) is 0. The average molecular weight is 202 g/mol. The lowest BCUT2D eigenvalue weighted by Gasteiger charge is -2.30. The topological polar surface area (TPSA) is 42.0 Å². The van der Waals surface area contributed by atoms with Crippen LogP contribution in [-0.4, -0.2) is 55.4 Å². The maximum Gasteiger partial charge on any atom is 0.528 e. The molecule has 0 aromatic heterocycles. The van der Waals surface area contributed by atoms with Gasteiger partial charge in [0.2, 0.25) is 0 Å². The number of carbonyl (C=O) groups excluding carboxylic acids is 1. The van der Waals surface area contributed by atoms with Gasteiger partial charge in [0.15, 0.2) is 0 Å². The summed E-state index contributed by atoms with van der Waals surface area (Å²) in [4.78, 5) is 18.3. The van der Waals surface area contributed by atoms with Gasteiger partial charge in [-0.05, 0) is 20.9 Å². The standard InChI is InChI=1S/C9H18N2O3/c1-8(2)13-9(12)14-11-6-4-10(3)5-7-11/h8H,4-7H2,1-3H3. The van der Waals surface area contributed by atoms with Crippen molar-refractivity contribution in [2.24, 2.45) is 0 Å². The summed E-state index contributed by atoms with van der Waals surface area (Å²) < 4.78 is 4.86. The van der Waals surface area contributed by atoms with E-state index >= 15 is 0 Å². The molecule has 1 rings (SSSR count). The number of piperazine rings is 1. The van der Waals surface area contributed by atoms with Crippen LogP contribution < -0.4 is 0 Å². The van der Waals surface area contributed by atoms with E-state index in [9.17, 15) is 4.79 Å². The number of hydrogen-bond donors (Lipinski definition) is 0. The smallest absolute Gasteiger partial charge is 0.430 e. The zero-order valence-corrected chi connectivity index (χ0v) is 9.02. The molecule has 1 aliphatic heterocycles. The van der Waals surface area contributed by atoms with Crippen molar-refractivity contribution in [1.29, 1.82) is 0 Å². The zero-order chi connectivity index (χ0) is 10.6. The highest BCUT2D eigenvalue weighted by molar-refractivity contribution is 5.59. The number of ether oxygens (including phenoxy) is 1. The number of hydroxylamine groups is 2. The van der Waals surface area contributed by atoms with Gasteiger partial charge in [-0.15, -0.1) is 5.06 Å². The Balaban J connectivity index is 2.20. The summed E-state index contributed by atoms with van der Waals surface area (Å²) in [6.07, 6.45) is -0.737. The van der Waals surface area contributed by atoms with Crippen molar-refractivity contribution in [3.8, 4) is 0 Å². The molecule has 14 heavy (non-hydrogen) atoms. The lowest BCUT2D eigenvalue weighted by molar-refractivity contribution is -0.148. The fourth-order valence-electron chi connectivity index (χ4n) is 1.20. The molecular formula is C9H18N2O3. The first-order valence-electron chi connectivity index (χ1n) is 4.90. The quantitative estimate of drug-likeness (QED) is 0.617. The first-order chi connectivity index (χ1) is 6.58. The van der Waals surface area contributed by atoms with E-state index in [0.29, 0.717) is 0 Å². The number of nitrogens with zero attached hydrogens (tertiary/aromatic N) is 2. The first-order valence-corrected chi connectivity index (χ1v) is 4.90. The van der Waals surface area contributed by atoms with Crippen LogP contribution in [0.4, 0.5) is 4.79 Å². The fourth-order valence-corrected chi connectivity index (χ4v) is 1.20. The third kappa shape index (κ3) is 3.93. The molecule has 0 atom stereocenters. The Morgan fingerprint density at radius 3 is 2.29 bits per heavy atom. The summed E-state index contributed by atoms with van der Waals surface area (Å²) in [5.41, 5.74) is 0. The fraction of sp³-hybridized carbons (Fsp3) is 0.889. The number of carbonyl (C=O) groups is 1. The van der Waals surface area contributed by atoms with Crippen molar-refractivity contribution < 1.29 is 14.4 Å². The molecular weight excluding hydrogens is 184 g/mol. The van der Waals surface area contributed by atoms with Crippen molar-refractivity contribution in [3.63, 3.8) is 0 Å². The summed E-state index contributed by atoms with van der Waals surface area (Å²) in [6, 6.07) is 0. The molecule has 0 amide bonds. The summed E-state index contributed by atoms with van der Waals surface area (Å²) >= 11 is 0. The van der Waals surface area contributed by atoms with Crippen LogP contribution >= 0.6 is 0 Å². The lowest BCUT2D eigenvalue weighted by Crippen LogP contribution is -2.45. The number of rotatable bonds is 2. The van der Waals surface area contributed by atoms with Gasteiger partial charge in [0.1, 0.15) is 0 Å². The Bertz CT molecular complexity index is 188. The molecule has 5 nitrogen and oxygen atoms in total. The van der Waals surface area contributed by atoms with Crippen molar-refractivity contribution in [1.82, 2.24) is 9.96 Å². The molecule has 0 radical (unpaired) electrons. The Hall–Kier alpha value is -0.810. The molecule has 0 unspecified atom stereocenters. The maximum atomic E-state index is 11.1. The number of likely N-dealkylation sites (N-methyl/N-ethyl adjacent to an activating group) is 1. The van der Waals surface area contributed by atoms with Crippen LogP contribution in [0.2, 0.25) is 0 Å². The van der Waals surface area contributed by atoms with Crippen LogP contribution in [0.5, 0.6) is 0 Å². The van der Waals surface area contributed by atoms with E-state index in [1.807, 2.05) is 7.05 Å². The van der Waals surface area contributed by atoms with Gasteiger partial charge >= 0.3 is 6.16 Å². The van der Waals surface area contributed by atoms with Crippen LogP contribution in [-0.2, 0) is 9.57 Å². The zero-order valence-electron chi connectivity index (χ0n) is 9.02. The summed E-state index contributed by atoms with van der Waals surface area (Å²) in [7, 11) is 2.05. The highest BCUT2D eigenvalue weighted by Crippen LogP contribution is 2.02. The predicted octanol–water partition coefficient (Wildman–Crippen LogP) is 0.710. The van der Waals surface area contributed by atoms with Crippen LogP contribution in [0, 0.1) is 0 Å². The van der Waals surface area contributed by atoms with E-state index in [2.05, 4.69) is 4.90 Å². The highest BCUT2D eigenvalue weighted by atomic mass is 16.8. The molecule has 0 aromatic rings. The highest BCUT2D eigenvalue weighted by Gasteiger charge is 2.18. The molecule has 1 heterocycles. The molecule has 0 bridgehead atoms. The third-order valence-electron chi connectivity index (χ3n) is 2.00. The second kappa shape index (κ2) is 5.17. The largest absolute Gasteiger partial charge is 0.528 e. The summed E-state index contributed by atoms with van der Waals surface area (Å²) in [6.45, 7) is 6.90. The van der Waals surface area contributed by atoms with Crippen LogP contribution in [0.15, 0.2) is 0 Å². The second-order valence-electron chi connectivity index (χ2n) is 3.74. The van der Waals surface area contributed by atoms with Crippen molar-refractivity contribution in [2.75, 3.05) is 33.2 Å². The van der Waals surface area contributed by atoms with Gasteiger partial charge in [0.25, 0.3) is 0 Å². The Morgan fingerprint density at radius 1 is 1.21 bits per heavy atom. The summed E-state index contributed by atoms with van der Waals surface area (Å²) in [5, 5.41) is 1.64. The lowest BCUT2D eigenvalue weighted by atomic mass is 10.4. The molecule has 0 aliphatic carbocycles. The van der Waals surface area contributed by atoms with Crippen molar-refractivity contribution >= 4 is 6.16 Å². The molecule has 0 spiro atoms. The molecule has 1 aliphatic rings. The molecule has 1 fully saturated rings. The Kier molecular flexibility index (Phi) is 4.16. The average Bonchev–Trinajstić information content (AvgIpc) is 2.07. The van der Waals surface area contributed by atoms with Gasteiger partial charge in [0, 0.05) is 26.2 Å². The maximum absolute atomic E-state index is 11.1. The molecule has 0 N–H and O–H groups in total. The molecule has 0 aromatic carbocycles. The van der Waals surface area contributed by atoms with Gasteiger partial charge in [-0.3, -0.25) is 0 Å². The van der Waals surface area contributed by atoms with E-state index in [4.69, 9.17) is 9.57 Å². The molecule has 5 heteroatoms. The van der Waals surface area contributed by atoms with Gasteiger partial charge in [-0.25, -0.2) is 4.79 Å². The third-order valence-corrected chi connectivity index (χ3v) is 2.00. The Morgan fingerprint density at radius 2 is 1.79 bits per heavy atom. The SMILES string of the molecule is CC(C)OC(=O)ON1CCN(C)CC1. The van der Waals surface area contributed by atoms with Crippen LogP contribution in [0.25, 0.3) is 0 Å². The van der Waals surface area contributed by atoms with Gasteiger partial charge < -0.3 is 14.5 Å². The van der Waals surface area contributed by atoms with Crippen LogP contribution in [0.3, 0.4) is 0 Å². The van der Waals surface area contributed by atoms with E-state index in [0.717, 1.165) is 26.2 Å². The molecule has 0 saturated carbocycles. The van der Waals surface area contributed by atoms with Gasteiger partial charge in [-0.1, -0.05) is 0 Å². The number of hydrogen-bond acceptors (Lipinski definition) is 5. The van der Waals surface area contributed by atoms with E-state index in [1.54, 1.807) is 18.9 Å². The van der Waals surface area contributed by atoms with E-state index in [-0.39, 0.29) is 6.10 Å². The van der Waals surface area contributed by atoms with Gasteiger partial charge in [-0.2, -0.15) is 0 Å².